The molecule has 0 aromatic carbocycles. The largest absolute Gasteiger partial charge is 0.372 e. The molecular formula is C18H24N6O2. The van der Waals surface area contributed by atoms with Crippen LogP contribution in [-0.2, 0) is 4.74 Å². The van der Waals surface area contributed by atoms with Gasteiger partial charge < -0.3 is 15.0 Å². The Hall–Kier alpha value is -2.48. The molecule has 8 nitrogen and oxygen atoms in total. The number of carbonyl (C=O) groups is 1. The first kappa shape index (κ1) is 17.0. The van der Waals surface area contributed by atoms with Gasteiger partial charge in [-0.3, -0.25) is 9.89 Å². The highest BCUT2D eigenvalue weighted by Crippen LogP contribution is 2.32. The fourth-order valence-corrected chi connectivity index (χ4v) is 3.70. The van der Waals surface area contributed by atoms with Crippen molar-refractivity contribution in [2.75, 3.05) is 31.1 Å². The minimum Gasteiger partial charge on any atom is -0.372 e. The van der Waals surface area contributed by atoms with Crippen molar-refractivity contribution in [3.8, 4) is 0 Å². The minimum absolute atomic E-state index is 0.0600. The molecule has 26 heavy (non-hydrogen) atoms. The Morgan fingerprint density at radius 2 is 2.12 bits per heavy atom. The summed E-state index contributed by atoms with van der Waals surface area (Å²) < 4.78 is 5.89. The van der Waals surface area contributed by atoms with Crippen LogP contribution in [0.25, 0.3) is 0 Å². The van der Waals surface area contributed by atoms with E-state index in [1.165, 1.54) is 12.8 Å². The van der Waals surface area contributed by atoms with Crippen LogP contribution in [0, 0.1) is 5.92 Å². The third kappa shape index (κ3) is 3.70. The van der Waals surface area contributed by atoms with Crippen molar-refractivity contribution in [2.24, 2.45) is 5.92 Å². The number of hydrogen-bond donors (Lipinski definition) is 2. The standard InChI is InChI=1S/C18H24N6O2/c25-18(15-5-6-16(23-22-15)24-9-1-2-10-24)19-12-13-4-3-11-26-17(13)14-7-8-20-21-14/h5-8,13,17H,1-4,9-12H2,(H,19,25)(H,20,21)/t13-,17+/m0/s1. The monoisotopic (exact) mass is 356 g/mol. The van der Waals surface area contributed by atoms with Gasteiger partial charge in [0, 0.05) is 38.4 Å². The first-order valence-electron chi connectivity index (χ1n) is 9.29. The fourth-order valence-electron chi connectivity index (χ4n) is 3.70. The second-order valence-electron chi connectivity index (χ2n) is 6.89. The van der Waals surface area contributed by atoms with Crippen molar-refractivity contribution in [1.82, 2.24) is 25.7 Å². The first-order valence-corrected chi connectivity index (χ1v) is 9.29. The molecular weight excluding hydrogens is 332 g/mol. The van der Waals surface area contributed by atoms with Crippen LogP contribution in [-0.4, -0.2) is 52.5 Å². The number of anilines is 1. The van der Waals surface area contributed by atoms with Gasteiger partial charge >= 0.3 is 0 Å². The van der Waals surface area contributed by atoms with Crippen molar-refractivity contribution < 1.29 is 9.53 Å². The van der Waals surface area contributed by atoms with Gasteiger partial charge in [0.1, 0.15) is 6.10 Å². The number of amides is 1. The van der Waals surface area contributed by atoms with E-state index < -0.39 is 0 Å². The number of ether oxygens (including phenoxy) is 1. The second kappa shape index (κ2) is 7.82. The quantitative estimate of drug-likeness (QED) is 0.846. The number of nitrogens with zero attached hydrogens (tertiary/aromatic N) is 4. The number of aromatic nitrogens is 4. The fraction of sp³-hybridized carbons (Fsp3) is 0.556. The summed E-state index contributed by atoms with van der Waals surface area (Å²) in [6.45, 7) is 3.30. The average Bonchev–Trinajstić information content (AvgIpc) is 3.40. The second-order valence-corrected chi connectivity index (χ2v) is 6.89. The Morgan fingerprint density at radius 3 is 2.85 bits per heavy atom. The SMILES string of the molecule is O=C(NC[C@@H]1CCCO[C@H]1c1ccn[nH]1)c1ccc(N2CCCC2)nn1. The van der Waals surface area contributed by atoms with E-state index >= 15 is 0 Å². The van der Waals surface area contributed by atoms with Crippen molar-refractivity contribution in [3.05, 3.63) is 35.8 Å². The normalized spacial score (nSPS) is 23.2. The Labute approximate surface area is 152 Å². The molecule has 2 atom stereocenters. The molecule has 2 N–H and O–H groups in total. The van der Waals surface area contributed by atoms with Gasteiger partial charge in [-0.15, -0.1) is 10.2 Å². The Morgan fingerprint density at radius 1 is 1.23 bits per heavy atom. The third-order valence-corrected chi connectivity index (χ3v) is 5.11. The van der Waals surface area contributed by atoms with E-state index in [1.54, 1.807) is 12.3 Å². The summed E-state index contributed by atoms with van der Waals surface area (Å²) >= 11 is 0. The van der Waals surface area contributed by atoms with Gasteiger partial charge in [0.25, 0.3) is 5.91 Å². The summed E-state index contributed by atoms with van der Waals surface area (Å²) in [5.41, 5.74) is 1.31. The molecule has 0 unspecified atom stereocenters. The molecule has 4 rings (SSSR count). The average molecular weight is 356 g/mol. The van der Waals surface area contributed by atoms with Crippen molar-refractivity contribution in [2.45, 2.75) is 31.8 Å². The van der Waals surface area contributed by atoms with Gasteiger partial charge in [-0.25, -0.2) is 0 Å². The lowest BCUT2D eigenvalue weighted by Gasteiger charge is -2.31. The molecule has 0 aliphatic carbocycles. The number of rotatable bonds is 5. The molecule has 1 amide bonds. The van der Waals surface area contributed by atoms with Crippen LogP contribution >= 0.6 is 0 Å². The lowest BCUT2D eigenvalue weighted by Crippen LogP contribution is -2.35. The molecule has 2 saturated heterocycles. The molecule has 138 valence electrons. The number of nitrogens with one attached hydrogen (secondary N) is 2. The first-order chi connectivity index (χ1) is 12.8. The summed E-state index contributed by atoms with van der Waals surface area (Å²) in [5.74, 6) is 0.864. The molecule has 0 saturated carbocycles. The van der Waals surface area contributed by atoms with E-state index in [0.717, 1.165) is 44.0 Å². The lowest BCUT2D eigenvalue weighted by molar-refractivity contribution is -0.0297. The molecule has 2 aliphatic heterocycles. The smallest absolute Gasteiger partial charge is 0.271 e. The number of H-pyrrole nitrogens is 1. The van der Waals surface area contributed by atoms with Crippen LogP contribution in [0.15, 0.2) is 24.4 Å². The van der Waals surface area contributed by atoms with E-state index in [-0.39, 0.29) is 17.9 Å². The summed E-state index contributed by atoms with van der Waals surface area (Å²) in [6.07, 6.45) is 6.03. The van der Waals surface area contributed by atoms with E-state index in [0.29, 0.717) is 12.2 Å². The zero-order chi connectivity index (χ0) is 17.8. The molecule has 2 aliphatic rings. The van der Waals surface area contributed by atoms with Gasteiger partial charge in [-0.2, -0.15) is 5.10 Å². The highest BCUT2D eigenvalue weighted by Gasteiger charge is 2.29. The predicted molar refractivity (Wildman–Crippen MR) is 95.8 cm³/mol. The van der Waals surface area contributed by atoms with Crippen LogP contribution in [0.5, 0.6) is 0 Å². The van der Waals surface area contributed by atoms with Crippen LogP contribution < -0.4 is 10.2 Å². The Balaban J connectivity index is 1.35. The van der Waals surface area contributed by atoms with Crippen molar-refractivity contribution >= 4 is 11.7 Å². The summed E-state index contributed by atoms with van der Waals surface area (Å²) in [7, 11) is 0. The molecule has 8 heteroatoms. The van der Waals surface area contributed by atoms with Crippen LogP contribution in [0.2, 0.25) is 0 Å². The van der Waals surface area contributed by atoms with Crippen LogP contribution in [0.1, 0.15) is 48.0 Å². The zero-order valence-electron chi connectivity index (χ0n) is 14.7. The summed E-state index contributed by atoms with van der Waals surface area (Å²) in [6, 6.07) is 5.55. The van der Waals surface area contributed by atoms with E-state index in [4.69, 9.17) is 4.74 Å². The number of aromatic amines is 1. The summed E-state index contributed by atoms with van der Waals surface area (Å²) in [4.78, 5) is 14.6. The topological polar surface area (TPSA) is 96.0 Å². The maximum atomic E-state index is 12.4. The molecule has 0 radical (unpaired) electrons. The molecule has 2 aromatic rings. The third-order valence-electron chi connectivity index (χ3n) is 5.11. The van der Waals surface area contributed by atoms with Crippen LogP contribution in [0.3, 0.4) is 0 Å². The van der Waals surface area contributed by atoms with Crippen LogP contribution in [0.4, 0.5) is 5.82 Å². The number of carbonyl (C=O) groups excluding carboxylic acids is 1. The van der Waals surface area contributed by atoms with Gasteiger partial charge in [0.05, 0.1) is 5.69 Å². The van der Waals surface area contributed by atoms with E-state index in [1.807, 2.05) is 12.1 Å². The Bertz CT molecular complexity index is 712. The van der Waals surface area contributed by atoms with Gasteiger partial charge in [-0.1, -0.05) is 0 Å². The van der Waals surface area contributed by atoms with Gasteiger partial charge in [0.2, 0.25) is 0 Å². The van der Waals surface area contributed by atoms with Crippen molar-refractivity contribution in [1.29, 1.82) is 0 Å². The molecule has 2 fully saturated rings. The number of hydrogen-bond acceptors (Lipinski definition) is 6. The maximum Gasteiger partial charge on any atom is 0.271 e. The molecule has 2 aromatic heterocycles. The predicted octanol–water partition coefficient (Wildman–Crippen LogP) is 1.70. The highest BCUT2D eigenvalue weighted by atomic mass is 16.5. The Kier molecular flexibility index (Phi) is 5.10. The zero-order valence-corrected chi connectivity index (χ0v) is 14.7. The molecule has 4 heterocycles. The lowest BCUT2D eigenvalue weighted by atomic mass is 9.92. The molecule has 0 bridgehead atoms. The molecule has 0 spiro atoms. The highest BCUT2D eigenvalue weighted by molar-refractivity contribution is 5.92. The summed E-state index contributed by atoms with van der Waals surface area (Å²) in [5, 5.41) is 18.3. The minimum atomic E-state index is -0.195. The van der Waals surface area contributed by atoms with Gasteiger partial charge in [0.15, 0.2) is 11.5 Å². The van der Waals surface area contributed by atoms with E-state index in [9.17, 15) is 4.79 Å². The van der Waals surface area contributed by atoms with E-state index in [2.05, 4.69) is 30.6 Å². The maximum absolute atomic E-state index is 12.4. The van der Waals surface area contributed by atoms with Crippen molar-refractivity contribution in [3.63, 3.8) is 0 Å². The van der Waals surface area contributed by atoms with Gasteiger partial charge in [-0.05, 0) is 43.9 Å².